The van der Waals surface area contributed by atoms with Crippen molar-refractivity contribution in [3.63, 3.8) is 0 Å². The molecule has 24 heavy (non-hydrogen) atoms. The molecule has 0 amide bonds. The number of aromatic nitrogens is 5. The van der Waals surface area contributed by atoms with Gasteiger partial charge in [-0.1, -0.05) is 17.8 Å². The van der Waals surface area contributed by atoms with Gasteiger partial charge < -0.3 is 10.5 Å². The molecule has 0 atom stereocenters. The van der Waals surface area contributed by atoms with Crippen LogP contribution in [0.3, 0.4) is 0 Å². The van der Waals surface area contributed by atoms with Crippen molar-refractivity contribution in [3.05, 3.63) is 53.9 Å². The molecule has 0 aliphatic carbocycles. The molecule has 0 saturated heterocycles. The summed E-state index contributed by atoms with van der Waals surface area (Å²) >= 11 is 1.54. The highest BCUT2D eigenvalue weighted by molar-refractivity contribution is 7.98. The average Bonchev–Trinajstić information content (AvgIpc) is 3.04. The zero-order valence-electron chi connectivity index (χ0n) is 13.5. The number of benzene rings is 1. The van der Waals surface area contributed by atoms with E-state index in [1.54, 1.807) is 31.3 Å². The minimum absolute atomic E-state index is 0.301. The second kappa shape index (κ2) is 7.41. The van der Waals surface area contributed by atoms with E-state index in [0.717, 1.165) is 28.0 Å². The Morgan fingerprint density at radius 1 is 1.21 bits per heavy atom. The van der Waals surface area contributed by atoms with Crippen LogP contribution in [0.2, 0.25) is 0 Å². The second-order valence-corrected chi connectivity index (χ2v) is 6.02. The highest BCUT2D eigenvalue weighted by Crippen LogP contribution is 2.26. The number of rotatable bonds is 6. The van der Waals surface area contributed by atoms with Gasteiger partial charge in [-0.05, 0) is 19.1 Å². The molecular weight excluding hydrogens is 324 g/mol. The topological polar surface area (TPSA) is 91.7 Å². The summed E-state index contributed by atoms with van der Waals surface area (Å²) in [6.07, 6.45) is 3.53. The largest absolute Gasteiger partial charge is 0.497 e. The maximum absolute atomic E-state index is 5.81. The standard InChI is InChI=1S/C16H18N6OS/c1-11-8-19-12(9-18-11)10-24-16-21-20-15(7-17)22(16)13-4-3-5-14(6-13)23-2/h3-6,8-9H,7,10,17H2,1-2H3. The molecule has 0 aliphatic rings. The third-order valence-corrected chi connectivity index (χ3v) is 4.34. The predicted molar refractivity (Wildman–Crippen MR) is 92.1 cm³/mol. The van der Waals surface area contributed by atoms with Crippen molar-refractivity contribution < 1.29 is 4.74 Å². The number of thioether (sulfide) groups is 1. The molecular formula is C16H18N6OS. The summed E-state index contributed by atoms with van der Waals surface area (Å²) in [5.41, 5.74) is 8.51. The van der Waals surface area contributed by atoms with Gasteiger partial charge in [-0.15, -0.1) is 10.2 Å². The van der Waals surface area contributed by atoms with Gasteiger partial charge in [-0.3, -0.25) is 14.5 Å². The molecule has 0 unspecified atom stereocenters. The van der Waals surface area contributed by atoms with Crippen LogP contribution in [0.5, 0.6) is 5.75 Å². The molecule has 0 saturated carbocycles. The number of ether oxygens (including phenoxy) is 1. The average molecular weight is 342 g/mol. The minimum atomic E-state index is 0.301. The van der Waals surface area contributed by atoms with Crippen LogP contribution in [0.1, 0.15) is 17.2 Å². The monoisotopic (exact) mass is 342 g/mol. The van der Waals surface area contributed by atoms with Crippen LogP contribution in [-0.4, -0.2) is 31.8 Å². The maximum Gasteiger partial charge on any atom is 0.196 e. The Balaban J connectivity index is 1.88. The Kier molecular flexibility index (Phi) is 5.07. The van der Waals surface area contributed by atoms with E-state index in [1.165, 1.54) is 0 Å². The van der Waals surface area contributed by atoms with Crippen LogP contribution >= 0.6 is 11.8 Å². The van der Waals surface area contributed by atoms with Crippen molar-refractivity contribution in [2.45, 2.75) is 24.4 Å². The number of hydrogen-bond acceptors (Lipinski definition) is 7. The number of nitrogens with zero attached hydrogens (tertiary/aromatic N) is 5. The molecule has 0 bridgehead atoms. The molecule has 0 radical (unpaired) electrons. The van der Waals surface area contributed by atoms with Crippen molar-refractivity contribution in [1.82, 2.24) is 24.7 Å². The van der Waals surface area contributed by atoms with Crippen molar-refractivity contribution in [3.8, 4) is 11.4 Å². The summed E-state index contributed by atoms with van der Waals surface area (Å²) in [6, 6.07) is 7.72. The first-order chi connectivity index (χ1) is 11.7. The van der Waals surface area contributed by atoms with E-state index in [0.29, 0.717) is 18.1 Å². The van der Waals surface area contributed by atoms with Crippen molar-refractivity contribution in [2.24, 2.45) is 5.73 Å². The van der Waals surface area contributed by atoms with E-state index in [1.807, 2.05) is 35.8 Å². The van der Waals surface area contributed by atoms with Crippen LogP contribution in [-0.2, 0) is 12.3 Å². The molecule has 2 aromatic heterocycles. The lowest BCUT2D eigenvalue weighted by Gasteiger charge is -2.10. The Labute approximate surface area is 144 Å². The van der Waals surface area contributed by atoms with Gasteiger partial charge in [0.2, 0.25) is 0 Å². The van der Waals surface area contributed by atoms with E-state index in [4.69, 9.17) is 10.5 Å². The quantitative estimate of drug-likeness (QED) is 0.686. The predicted octanol–water partition coefficient (Wildman–Crippen LogP) is 2.13. The van der Waals surface area contributed by atoms with E-state index in [2.05, 4.69) is 20.2 Å². The maximum atomic E-state index is 5.81. The van der Waals surface area contributed by atoms with Gasteiger partial charge in [0.05, 0.1) is 30.7 Å². The summed E-state index contributed by atoms with van der Waals surface area (Å²) < 4.78 is 7.24. The smallest absolute Gasteiger partial charge is 0.196 e. The third-order valence-electron chi connectivity index (χ3n) is 3.38. The highest BCUT2D eigenvalue weighted by Gasteiger charge is 2.14. The summed E-state index contributed by atoms with van der Waals surface area (Å²) in [6.45, 7) is 2.21. The van der Waals surface area contributed by atoms with Crippen LogP contribution in [0, 0.1) is 6.92 Å². The van der Waals surface area contributed by atoms with E-state index >= 15 is 0 Å². The number of methoxy groups -OCH3 is 1. The summed E-state index contributed by atoms with van der Waals surface area (Å²) in [5, 5.41) is 9.20. The third kappa shape index (κ3) is 3.55. The molecule has 0 aliphatic heterocycles. The van der Waals surface area contributed by atoms with Crippen LogP contribution in [0.4, 0.5) is 0 Å². The fraction of sp³-hybridized carbons (Fsp3) is 0.250. The van der Waals surface area contributed by atoms with Gasteiger partial charge in [0.15, 0.2) is 11.0 Å². The van der Waals surface area contributed by atoms with Gasteiger partial charge in [-0.25, -0.2) is 0 Å². The molecule has 8 heteroatoms. The Morgan fingerprint density at radius 2 is 2.08 bits per heavy atom. The van der Waals surface area contributed by atoms with Gasteiger partial charge in [-0.2, -0.15) is 0 Å². The first kappa shape index (κ1) is 16.4. The minimum Gasteiger partial charge on any atom is -0.497 e. The van der Waals surface area contributed by atoms with Crippen LogP contribution in [0.15, 0.2) is 41.8 Å². The zero-order valence-corrected chi connectivity index (χ0v) is 14.3. The van der Waals surface area contributed by atoms with Crippen molar-refractivity contribution in [1.29, 1.82) is 0 Å². The number of hydrogen-bond donors (Lipinski definition) is 1. The van der Waals surface area contributed by atoms with Gasteiger partial charge in [0.25, 0.3) is 0 Å². The molecule has 7 nitrogen and oxygen atoms in total. The molecule has 124 valence electrons. The lowest BCUT2D eigenvalue weighted by molar-refractivity contribution is 0.414. The van der Waals surface area contributed by atoms with Crippen LogP contribution in [0.25, 0.3) is 5.69 Å². The summed E-state index contributed by atoms with van der Waals surface area (Å²) in [7, 11) is 1.64. The SMILES string of the molecule is COc1cccc(-n2c(CN)nnc2SCc2cnc(C)cn2)c1. The number of nitrogens with two attached hydrogens (primary N) is 1. The zero-order chi connectivity index (χ0) is 16.9. The fourth-order valence-electron chi connectivity index (χ4n) is 2.17. The normalized spacial score (nSPS) is 10.8. The van der Waals surface area contributed by atoms with Crippen molar-refractivity contribution in [2.75, 3.05) is 7.11 Å². The second-order valence-electron chi connectivity index (χ2n) is 5.08. The van der Waals surface area contributed by atoms with E-state index in [-0.39, 0.29) is 0 Å². The lowest BCUT2D eigenvalue weighted by Crippen LogP contribution is -2.08. The van der Waals surface area contributed by atoms with Crippen molar-refractivity contribution >= 4 is 11.8 Å². The molecule has 3 rings (SSSR count). The molecule has 1 aromatic carbocycles. The Bertz CT molecular complexity index is 818. The van der Waals surface area contributed by atoms with Gasteiger partial charge in [0.1, 0.15) is 5.75 Å². The molecule has 2 heterocycles. The summed E-state index contributed by atoms with van der Waals surface area (Å²) in [5.74, 6) is 2.12. The molecule has 2 N–H and O–H groups in total. The van der Waals surface area contributed by atoms with E-state index in [9.17, 15) is 0 Å². The summed E-state index contributed by atoms with van der Waals surface area (Å²) in [4.78, 5) is 8.63. The number of aryl methyl sites for hydroxylation is 1. The van der Waals surface area contributed by atoms with Gasteiger partial charge >= 0.3 is 0 Å². The van der Waals surface area contributed by atoms with Gasteiger partial charge in [0, 0.05) is 24.2 Å². The lowest BCUT2D eigenvalue weighted by atomic mass is 10.3. The Morgan fingerprint density at radius 3 is 2.79 bits per heavy atom. The first-order valence-corrected chi connectivity index (χ1v) is 8.39. The Hall–Kier alpha value is -2.45. The van der Waals surface area contributed by atoms with E-state index < -0.39 is 0 Å². The van der Waals surface area contributed by atoms with Crippen LogP contribution < -0.4 is 10.5 Å². The molecule has 0 fully saturated rings. The highest BCUT2D eigenvalue weighted by atomic mass is 32.2. The fourth-order valence-corrected chi connectivity index (χ4v) is 3.03. The first-order valence-electron chi connectivity index (χ1n) is 7.40. The molecule has 0 spiro atoms. The molecule has 3 aromatic rings.